The van der Waals surface area contributed by atoms with Crippen LogP contribution in [-0.2, 0) is 16.0 Å². The lowest BCUT2D eigenvalue weighted by Gasteiger charge is -2.11. The highest BCUT2D eigenvalue weighted by Gasteiger charge is 2.17. The number of benzene rings is 1. The van der Waals surface area contributed by atoms with Crippen LogP contribution >= 0.6 is 15.9 Å². The van der Waals surface area contributed by atoms with Gasteiger partial charge in [0.2, 0.25) is 0 Å². The Morgan fingerprint density at radius 2 is 2.15 bits per heavy atom. The van der Waals surface area contributed by atoms with Gasteiger partial charge in [0.1, 0.15) is 11.6 Å². The topological polar surface area (TPSA) is 77.1 Å². The van der Waals surface area contributed by atoms with Crippen LogP contribution in [0.25, 0.3) is 11.2 Å². The Kier molecular flexibility index (Phi) is 5.46. The maximum absolute atomic E-state index is 12.3. The van der Waals surface area contributed by atoms with E-state index in [0.717, 1.165) is 4.47 Å². The molecule has 1 aromatic carbocycles. The van der Waals surface area contributed by atoms with E-state index in [0.29, 0.717) is 22.6 Å². The molecule has 3 aromatic rings. The van der Waals surface area contributed by atoms with E-state index in [1.807, 2.05) is 6.07 Å². The van der Waals surface area contributed by atoms with Crippen molar-refractivity contribution in [2.24, 2.45) is 0 Å². The van der Waals surface area contributed by atoms with Crippen LogP contribution in [0.15, 0.2) is 41.0 Å². The number of aromatic amines is 1. The van der Waals surface area contributed by atoms with Gasteiger partial charge in [-0.2, -0.15) is 8.78 Å². The van der Waals surface area contributed by atoms with Crippen LogP contribution in [0.1, 0.15) is 24.4 Å². The van der Waals surface area contributed by atoms with Crippen LogP contribution in [0.5, 0.6) is 5.75 Å². The summed E-state index contributed by atoms with van der Waals surface area (Å²) in [6.07, 6.45) is 0.934. The lowest BCUT2D eigenvalue weighted by molar-refractivity contribution is -0.148. The zero-order chi connectivity index (χ0) is 18.7. The molecule has 0 aliphatic heterocycles. The number of halogens is 3. The second kappa shape index (κ2) is 7.77. The van der Waals surface area contributed by atoms with Crippen molar-refractivity contribution in [1.29, 1.82) is 0 Å². The molecule has 0 saturated carbocycles. The second-order valence-corrected chi connectivity index (χ2v) is 6.40. The molecule has 6 nitrogen and oxygen atoms in total. The highest BCUT2D eigenvalue weighted by Crippen LogP contribution is 2.21. The van der Waals surface area contributed by atoms with Gasteiger partial charge in [-0.15, -0.1) is 0 Å². The van der Waals surface area contributed by atoms with Crippen molar-refractivity contribution in [2.75, 3.05) is 0 Å². The summed E-state index contributed by atoms with van der Waals surface area (Å²) in [7, 11) is 0. The van der Waals surface area contributed by atoms with Crippen molar-refractivity contribution in [1.82, 2.24) is 15.0 Å². The van der Waals surface area contributed by atoms with Crippen molar-refractivity contribution in [3.05, 3.63) is 52.4 Å². The number of ether oxygens (including phenoxy) is 2. The van der Waals surface area contributed by atoms with Gasteiger partial charge in [-0.1, -0.05) is 12.1 Å². The first-order valence-corrected chi connectivity index (χ1v) is 8.44. The molecule has 136 valence electrons. The number of hydrogen-bond donors (Lipinski definition) is 1. The minimum absolute atomic E-state index is 0.00714. The van der Waals surface area contributed by atoms with Gasteiger partial charge in [-0.3, -0.25) is 4.79 Å². The van der Waals surface area contributed by atoms with Gasteiger partial charge in [0.05, 0.1) is 11.9 Å². The predicted octanol–water partition coefficient (Wildman–Crippen LogP) is 4.17. The fraction of sp³-hybridized carbons (Fsp3) is 0.235. The van der Waals surface area contributed by atoms with Crippen LogP contribution in [-0.4, -0.2) is 27.5 Å². The minimum Gasteiger partial charge on any atom is -0.454 e. The summed E-state index contributed by atoms with van der Waals surface area (Å²) in [5.74, 6) is -0.0534. The van der Waals surface area contributed by atoms with Crippen molar-refractivity contribution in [3.8, 4) is 5.75 Å². The van der Waals surface area contributed by atoms with E-state index in [9.17, 15) is 13.6 Å². The number of hydrogen-bond acceptors (Lipinski definition) is 5. The Balaban J connectivity index is 1.65. The molecule has 3 rings (SSSR count). The van der Waals surface area contributed by atoms with Crippen molar-refractivity contribution < 1.29 is 23.0 Å². The number of H-pyrrole nitrogens is 1. The first-order valence-electron chi connectivity index (χ1n) is 7.65. The molecule has 1 unspecified atom stereocenters. The van der Waals surface area contributed by atoms with E-state index < -0.39 is 18.7 Å². The van der Waals surface area contributed by atoms with Crippen LogP contribution in [0, 0.1) is 0 Å². The number of carbonyl (C=O) groups is 1. The highest BCUT2D eigenvalue weighted by molar-refractivity contribution is 9.10. The number of alkyl halides is 2. The molecular formula is C17H14BrF2N3O3. The molecule has 9 heteroatoms. The molecule has 26 heavy (non-hydrogen) atoms. The normalized spacial score (nSPS) is 12.3. The molecular weight excluding hydrogens is 412 g/mol. The summed E-state index contributed by atoms with van der Waals surface area (Å²) in [4.78, 5) is 23.6. The molecule has 2 heterocycles. The molecule has 0 bridgehead atoms. The monoisotopic (exact) mass is 425 g/mol. The molecule has 0 amide bonds. The first kappa shape index (κ1) is 18.2. The highest BCUT2D eigenvalue weighted by atomic mass is 79.9. The number of rotatable bonds is 6. The summed E-state index contributed by atoms with van der Waals surface area (Å²) in [5.41, 5.74) is 1.74. The Morgan fingerprint density at radius 1 is 1.35 bits per heavy atom. The summed E-state index contributed by atoms with van der Waals surface area (Å²) in [5, 5.41) is 0. The standard InChI is InChI=1S/C17H14BrF2N3O3/c1-9(15-22-13-7-11(18)8-21-16(13)23-15)25-14(24)6-10-3-2-4-12(5-10)26-17(19)20/h2-5,7-9,17H,6H2,1H3,(H,21,22,23). The Bertz CT molecular complexity index is 933. The molecule has 0 fully saturated rings. The largest absolute Gasteiger partial charge is 0.454 e. The number of pyridine rings is 1. The lowest BCUT2D eigenvalue weighted by atomic mass is 10.1. The van der Waals surface area contributed by atoms with Crippen molar-refractivity contribution in [2.45, 2.75) is 26.1 Å². The smallest absolute Gasteiger partial charge is 0.387 e. The number of nitrogens with zero attached hydrogens (tertiary/aromatic N) is 2. The van der Waals surface area contributed by atoms with E-state index in [2.05, 4.69) is 35.6 Å². The number of aromatic nitrogens is 3. The first-order chi connectivity index (χ1) is 12.4. The van der Waals surface area contributed by atoms with Crippen LogP contribution in [0.4, 0.5) is 8.78 Å². The maximum atomic E-state index is 12.3. The third-order valence-electron chi connectivity index (χ3n) is 3.49. The van der Waals surface area contributed by atoms with Gasteiger partial charge in [0.15, 0.2) is 11.8 Å². The number of esters is 1. The molecule has 1 atom stereocenters. The number of carbonyl (C=O) groups excluding carboxylic acids is 1. The fourth-order valence-corrected chi connectivity index (χ4v) is 2.71. The van der Waals surface area contributed by atoms with Crippen LogP contribution in [0.2, 0.25) is 0 Å². The molecule has 1 N–H and O–H groups in total. The molecule has 0 saturated heterocycles. The van der Waals surface area contributed by atoms with Gasteiger partial charge < -0.3 is 14.5 Å². The molecule has 0 radical (unpaired) electrons. The van der Waals surface area contributed by atoms with Crippen molar-refractivity contribution in [3.63, 3.8) is 0 Å². The quantitative estimate of drug-likeness (QED) is 0.599. The van der Waals surface area contributed by atoms with E-state index in [1.165, 1.54) is 18.2 Å². The third-order valence-corrected chi connectivity index (χ3v) is 3.92. The van der Waals surface area contributed by atoms with Gasteiger partial charge in [0.25, 0.3) is 0 Å². The van der Waals surface area contributed by atoms with Gasteiger partial charge >= 0.3 is 12.6 Å². The van der Waals surface area contributed by atoms with E-state index in [4.69, 9.17) is 4.74 Å². The van der Waals surface area contributed by atoms with Crippen LogP contribution < -0.4 is 4.74 Å². The molecule has 0 aliphatic rings. The van der Waals surface area contributed by atoms with Crippen molar-refractivity contribution >= 4 is 33.1 Å². The zero-order valence-corrected chi connectivity index (χ0v) is 15.2. The predicted molar refractivity (Wildman–Crippen MR) is 92.9 cm³/mol. The van der Waals surface area contributed by atoms with Gasteiger partial charge in [0, 0.05) is 10.7 Å². The summed E-state index contributed by atoms with van der Waals surface area (Å²) in [6.45, 7) is -1.24. The second-order valence-electron chi connectivity index (χ2n) is 5.48. The fourth-order valence-electron chi connectivity index (χ4n) is 2.38. The number of imidazole rings is 1. The SMILES string of the molecule is CC(OC(=O)Cc1cccc(OC(F)F)c1)c1nc2ncc(Br)cc2[nH]1. The van der Waals surface area contributed by atoms with E-state index in [1.54, 1.807) is 19.2 Å². The summed E-state index contributed by atoms with van der Waals surface area (Å²) < 4.78 is 35.0. The minimum atomic E-state index is -2.92. The molecule has 0 aliphatic carbocycles. The maximum Gasteiger partial charge on any atom is 0.387 e. The van der Waals surface area contributed by atoms with Crippen LogP contribution in [0.3, 0.4) is 0 Å². The number of fused-ring (bicyclic) bond motifs is 1. The van der Waals surface area contributed by atoms with Gasteiger partial charge in [-0.05, 0) is 46.6 Å². The molecule has 2 aromatic heterocycles. The Labute approximate surface area is 155 Å². The van der Waals surface area contributed by atoms with Gasteiger partial charge in [-0.25, -0.2) is 9.97 Å². The zero-order valence-electron chi connectivity index (χ0n) is 13.6. The molecule has 0 spiro atoms. The Morgan fingerprint density at radius 3 is 2.92 bits per heavy atom. The Hall–Kier alpha value is -2.55. The average Bonchev–Trinajstić information content (AvgIpc) is 2.97. The summed E-state index contributed by atoms with van der Waals surface area (Å²) >= 11 is 3.32. The van der Waals surface area contributed by atoms with E-state index >= 15 is 0 Å². The average molecular weight is 426 g/mol. The van der Waals surface area contributed by atoms with E-state index in [-0.39, 0.29) is 12.2 Å². The number of nitrogens with one attached hydrogen (secondary N) is 1. The third kappa shape index (κ3) is 4.54. The lowest BCUT2D eigenvalue weighted by Crippen LogP contribution is -2.12. The summed E-state index contributed by atoms with van der Waals surface area (Å²) in [6, 6.07) is 7.76.